The summed E-state index contributed by atoms with van der Waals surface area (Å²) in [6.45, 7) is 5.64. The standard InChI is InChI=1S/C20H26N2O5/c1-19(2,3)27-18(25)22-12-14-8-6-5-7-13(14)11-15(22)16(23)21-20(9-10-20)17(24)26-4/h5-8,15H,9-12H2,1-4H3,(H,21,23)/t15-/m0/s1. The van der Waals surface area contributed by atoms with Crippen LogP contribution in [-0.2, 0) is 32.0 Å². The second-order valence-corrected chi connectivity index (χ2v) is 8.16. The van der Waals surface area contributed by atoms with Crippen LogP contribution in [0.3, 0.4) is 0 Å². The van der Waals surface area contributed by atoms with Gasteiger partial charge in [0.15, 0.2) is 0 Å². The largest absolute Gasteiger partial charge is 0.467 e. The van der Waals surface area contributed by atoms with Crippen molar-refractivity contribution in [3.8, 4) is 0 Å². The Kier molecular flexibility index (Phi) is 4.88. The fourth-order valence-corrected chi connectivity index (χ4v) is 3.29. The summed E-state index contributed by atoms with van der Waals surface area (Å²) in [4.78, 5) is 39.2. The first kappa shape index (κ1) is 19.2. The van der Waals surface area contributed by atoms with Crippen LogP contribution in [-0.4, -0.2) is 47.2 Å². The molecule has 146 valence electrons. The van der Waals surface area contributed by atoms with E-state index >= 15 is 0 Å². The molecular formula is C20H26N2O5. The third kappa shape index (κ3) is 4.07. The first-order valence-corrected chi connectivity index (χ1v) is 9.12. The molecule has 27 heavy (non-hydrogen) atoms. The average molecular weight is 374 g/mol. The van der Waals surface area contributed by atoms with E-state index in [9.17, 15) is 14.4 Å². The molecule has 0 radical (unpaired) electrons. The first-order valence-electron chi connectivity index (χ1n) is 9.12. The Morgan fingerprint density at radius 3 is 2.33 bits per heavy atom. The van der Waals surface area contributed by atoms with Crippen molar-refractivity contribution in [3.05, 3.63) is 35.4 Å². The summed E-state index contributed by atoms with van der Waals surface area (Å²) in [7, 11) is 1.30. The molecule has 1 aromatic rings. The number of esters is 1. The van der Waals surface area contributed by atoms with Crippen molar-refractivity contribution in [2.45, 2.75) is 63.8 Å². The van der Waals surface area contributed by atoms with Crippen molar-refractivity contribution < 1.29 is 23.9 Å². The third-order valence-corrected chi connectivity index (χ3v) is 4.87. The molecule has 0 aromatic heterocycles. The lowest BCUT2D eigenvalue weighted by Gasteiger charge is -2.37. The summed E-state index contributed by atoms with van der Waals surface area (Å²) in [5.41, 5.74) is 0.378. The van der Waals surface area contributed by atoms with Gasteiger partial charge in [-0.1, -0.05) is 24.3 Å². The fraction of sp³-hybridized carbons (Fsp3) is 0.550. The highest BCUT2D eigenvalue weighted by Crippen LogP contribution is 2.37. The lowest BCUT2D eigenvalue weighted by molar-refractivity contribution is -0.147. The van der Waals surface area contributed by atoms with Gasteiger partial charge in [-0.15, -0.1) is 0 Å². The molecule has 0 saturated heterocycles. The molecule has 1 N–H and O–H groups in total. The monoisotopic (exact) mass is 374 g/mol. The highest BCUT2D eigenvalue weighted by Gasteiger charge is 2.53. The smallest absolute Gasteiger partial charge is 0.411 e. The Hall–Kier alpha value is -2.57. The van der Waals surface area contributed by atoms with Crippen LogP contribution in [0.5, 0.6) is 0 Å². The normalized spacial score (nSPS) is 20.3. The molecule has 1 heterocycles. The maximum atomic E-state index is 13.0. The van der Waals surface area contributed by atoms with Crippen LogP contribution in [0.15, 0.2) is 24.3 Å². The number of amides is 2. The Balaban J connectivity index is 1.84. The van der Waals surface area contributed by atoms with Crippen LogP contribution >= 0.6 is 0 Å². The number of carbonyl (C=O) groups is 3. The topological polar surface area (TPSA) is 84.9 Å². The van der Waals surface area contributed by atoms with Crippen molar-refractivity contribution in [2.75, 3.05) is 7.11 Å². The van der Waals surface area contributed by atoms with Crippen molar-refractivity contribution in [1.82, 2.24) is 10.2 Å². The van der Waals surface area contributed by atoms with Crippen LogP contribution in [0.25, 0.3) is 0 Å². The van der Waals surface area contributed by atoms with E-state index in [0.717, 1.165) is 11.1 Å². The van der Waals surface area contributed by atoms with Gasteiger partial charge in [0, 0.05) is 6.42 Å². The Labute approximate surface area is 159 Å². The number of ether oxygens (including phenoxy) is 2. The number of nitrogens with zero attached hydrogens (tertiary/aromatic N) is 1. The van der Waals surface area contributed by atoms with Crippen molar-refractivity contribution >= 4 is 18.0 Å². The van der Waals surface area contributed by atoms with E-state index < -0.39 is 29.2 Å². The van der Waals surface area contributed by atoms with Crippen LogP contribution in [0.1, 0.15) is 44.7 Å². The molecule has 0 bridgehead atoms. The Morgan fingerprint density at radius 1 is 1.15 bits per heavy atom. The van der Waals surface area contributed by atoms with E-state index in [1.165, 1.54) is 12.0 Å². The summed E-state index contributed by atoms with van der Waals surface area (Å²) < 4.78 is 10.3. The zero-order valence-electron chi connectivity index (χ0n) is 16.2. The average Bonchev–Trinajstić information content (AvgIpc) is 3.39. The molecule has 1 saturated carbocycles. The minimum Gasteiger partial charge on any atom is -0.467 e. The van der Waals surface area contributed by atoms with Gasteiger partial charge < -0.3 is 14.8 Å². The quantitative estimate of drug-likeness (QED) is 0.820. The number of hydrogen-bond donors (Lipinski definition) is 1. The molecule has 2 aliphatic rings. The summed E-state index contributed by atoms with van der Waals surface area (Å²) in [6, 6.07) is 6.97. The molecule has 1 atom stereocenters. The molecule has 1 aliphatic carbocycles. The first-order chi connectivity index (χ1) is 12.6. The van der Waals surface area contributed by atoms with Gasteiger partial charge in [0.05, 0.1) is 13.7 Å². The lowest BCUT2D eigenvalue weighted by atomic mass is 9.93. The van der Waals surface area contributed by atoms with Crippen LogP contribution < -0.4 is 5.32 Å². The number of fused-ring (bicyclic) bond motifs is 1. The number of methoxy groups -OCH3 is 1. The molecule has 7 nitrogen and oxygen atoms in total. The van der Waals surface area contributed by atoms with Crippen LogP contribution in [0.4, 0.5) is 4.79 Å². The molecular weight excluding hydrogens is 348 g/mol. The predicted molar refractivity (Wildman–Crippen MR) is 97.8 cm³/mol. The number of rotatable bonds is 3. The van der Waals surface area contributed by atoms with E-state index in [-0.39, 0.29) is 12.5 Å². The Bertz CT molecular complexity index is 764. The van der Waals surface area contributed by atoms with Crippen molar-refractivity contribution in [2.24, 2.45) is 0 Å². The molecule has 7 heteroatoms. The molecule has 3 rings (SSSR count). The van der Waals surface area contributed by atoms with Crippen LogP contribution in [0, 0.1) is 0 Å². The van der Waals surface area contributed by atoms with Crippen LogP contribution in [0.2, 0.25) is 0 Å². The maximum absolute atomic E-state index is 13.0. The fourth-order valence-electron chi connectivity index (χ4n) is 3.29. The molecule has 1 fully saturated rings. The molecule has 0 unspecified atom stereocenters. The van der Waals surface area contributed by atoms with Gasteiger partial charge in [0.25, 0.3) is 0 Å². The van der Waals surface area contributed by atoms with E-state index in [2.05, 4.69) is 5.32 Å². The van der Waals surface area contributed by atoms with E-state index in [1.807, 2.05) is 24.3 Å². The predicted octanol–water partition coefficient (Wildman–Crippen LogP) is 2.17. The van der Waals surface area contributed by atoms with Gasteiger partial charge in [-0.2, -0.15) is 0 Å². The highest BCUT2D eigenvalue weighted by molar-refractivity contribution is 5.94. The summed E-state index contributed by atoms with van der Waals surface area (Å²) >= 11 is 0. The highest BCUT2D eigenvalue weighted by atomic mass is 16.6. The van der Waals surface area contributed by atoms with Gasteiger partial charge in [-0.25, -0.2) is 9.59 Å². The zero-order chi connectivity index (χ0) is 19.8. The van der Waals surface area contributed by atoms with Gasteiger partial charge in [0.1, 0.15) is 17.2 Å². The summed E-state index contributed by atoms with van der Waals surface area (Å²) in [5.74, 6) is -0.811. The minimum absolute atomic E-state index is 0.286. The molecule has 2 amide bonds. The minimum atomic E-state index is -0.956. The molecule has 0 spiro atoms. The second-order valence-electron chi connectivity index (χ2n) is 8.16. The Morgan fingerprint density at radius 2 is 1.78 bits per heavy atom. The van der Waals surface area contributed by atoms with Gasteiger partial charge in [0.2, 0.25) is 5.91 Å². The SMILES string of the molecule is COC(=O)C1(NC(=O)[C@@H]2Cc3ccccc3CN2C(=O)OC(C)(C)C)CC1. The lowest BCUT2D eigenvalue weighted by Crippen LogP contribution is -2.57. The maximum Gasteiger partial charge on any atom is 0.411 e. The third-order valence-electron chi connectivity index (χ3n) is 4.87. The number of hydrogen-bond acceptors (Lipinski definition) is 5. The summed E-state index contributed by atoms with van der Waals surface area (Å²) in [6.07, 6.45) is 0.918. The van der Waals surface area contributed by atoms with Crippen molar-refractivity contribution in [1.29, 1.82) is 0 Å². The van der Waals surface area contributed by atoms with Gasteiger partial charge in [-0.05, 0) is 44.7 Å². The van der Waals surface area contributed by atoms with Crippen molar-refractivity contribution in [3.63, 3.8) is 0 Å². The van der Waals surface area contributed by atoms with Gasteiger partial charge in [-0.3, -0.25) is 9.69 Å². The van der Waals surface area contributed by atoms with Gasteiger partial charge >= 0.3 is 12.1 Å². The zero-order valence-corrected chi connectivity index (χ0v) is 16.2. The van der Waals surface area contributed by atoms with E-state index in [0.29, 0.717) is 19.3 Å². The molecule has 1 aliphatic heterocycles. The number of nitrogens with one attached hydrogen (secondary N) is 1. The number of carbonyl (C=O) groups excluding carboxylic acids is 3. The molecule has 1 aromatic carbocycles. The second kappa shape index (κ2) is 6.87. The van der Waals surface area contributed by atoms with E-state index in [4.69, 9.17) is 9.47 Å². The number of benzene rings is 1. The summed E-state index contributed by atoms with van der Waals surface area (Å²) in [5, 5.41) is 2.80. The van der Waals surface area contributed by atoms with E-state index in [1.54, 1.807) is 20.8 Å².